The van der Waals surface area contributed by atoms with E-state index in [9.17, 15) is 5.11 Å². The summed E-state index contributed by atoms with van der Waals surface area (Å²) in [7, 11) is 1.59. The molecule has 0 saturated heterocycles. The number of rotatable bonds is 5. The van der Waals surface area contributed by atoms with Gasteiger partial charge in [0, 0.05) is 24.8 Å². The Morgan fingerprint density at radius 1 is 1.50 bits per heavy atom. The molecule has 0 aromatic carbocycles. The lowest BCUT2D eigenvalue weighted by atomic mass is 10.0. The van der Waals surface area contributed by atoms with E-state index in [-0.39, 0.29) is 6.04 Å². The predicted octanol–water partition coefficient (Wildman–Crippen LogP) is 1.34. The Labute approximate surface area is 96.7 Å². The third-order valence-corrected chi connectivity index (χ3v) is 2.68. The lowest BCUT2D eigenvalue weighted by Crippen LogP contribution is -2.44. The van der Waals surface area contributed by atoms with Gasteiger partial charge < -0.3 is 15.2 Å². The zero-order valence-corrected chi connectivity index (χ0v) is 10.3. The van der Waals surface area contributed by atoms with Crippen molar-refractivity contribution in [3.05, 3.63) is 23.9 Å². The number of aromatic nitrogens is 1. The van der Waals surface area contributed by atoms with Crippen molar-refractivity contribution >= 4 is 0 Å². The van der Waals surface area contributed by atoms with Gasteiger partial charge in [-0.25, -0.2) is 4.98 Å². The molecule has 1 unspecified atom stereocenters. The van der Waals surface area contributed by atoms with Crippen LogP contribution >= 0.6 is 0 Å². The lowest BCUT2D eigenvalue weighted by molar-refractivity contribution is 0.0437. The monoisotopic (exact) mass is 224 g/mol. The molecule has 0 aliphatic rings. The van der Waals surface area contributed by atoms with Crippen LogP contribution in [0.2, 0.25) is 0 Å². The van der Waals surface area contributed by atoms with Crippen molar-refractivity contribution in [3.63, 3.8) is 0 Å². The Kier molecular flexibility index (Phi) is 4.26. The maximum atomic E-state index is 9.75. The Hall–Kier alpha value is -1.13. The Balaban J connectivity index is 2.48. The third-order valence-electron chi connectivity index (χ3n) is 2.68. The SMILES string of the molecule is COc1ccc(CNC(C)C(C)(C)O)cn1. The molecular weight excluding hydrogens is 204 g/mol. The van der Waals surface area contributed by atoms with E-state index in [0.717, 1.165) is 5.56 Å². The zero-order valence-electron chi connectivity index (χ0n) is 10.3. The second-order valence-electron chi connectivity index (χ2n) is 4.47. The highest BCUT2D eigenvalue weighted by molar-refractivity contribution is 5.17. The summed E-state index contributed by atoms with van der Waals surface area (Å²) in [4.78, 5) is 4.11. The minimum atomic E-state index is -0.722. The molecule has 0 saturated carbocycles. The first kappa shape index (κ1) is 12.9. The van der Waals surface area contributed by atoms with E-state index < -0.39 is 5.60 Å². The largest absolute Gasteiger partial charge is 0.481 e. The molecule has 0 bridgehead atoms. The van der Waals surface area contributed by atoms with Crippen molar-refractivity contribution in [2.24, 2.45) is 0 Å². The quantitative estimate of drug-likeness (QED) is 0.792. The van der Waals surface area contributed by atoms with Crippen LogP contribution in [-0.2, 0) is 6.54 Å². The molecule has 0 aliphatic heterocycles. The number of hydrogen-bond acceptors (Lipinski definition) is 4. The van der Waals surface area contributed by atoms with E-state index in [1.54, 1.807) is 27.2 Å². The lowest BCUT2D eigenvalue weighted by Gasteiger charge is -2.26. The minimum Gasteiger partial charge on any atom is -0.481 e. The van der Waals surface area contributed by atoms with Gasteiger partial charge >= 0.3 is 0 Å². The molecule has 2 N–H and O–H groups in total. The molecule has 1 rings (SSSR count). The van der Waals surface area contributed by atoms with E-state index in [4.69, 9.17) is 4.74 Å². The highest BCUT2D eigenvalue weighted by Gasteiger charge is 2.21. The number of nitrogens with zero attached hydrogens (tertiary/aromatic N) is 1. The average molecular weight is 224 g/mol. The third kappa shape index (κ3) is 3.79. The maximum absolute atomic E-state index is 9.75. The van der Waals surface area contributed by atoms with Crippen molar-refractivity contribution in [2.75, 3.05) is 7.11 Å². The van der Waals surface area contributed by atoms with Crippen LogP contribution in [0.5, 0.6) is 5.88 Å². The molecule has 0 amide bonds. The van der Waals surface area contributed by atoms with E-state index in [1.165, 1.54) is 0 Å². The number of methoxy groups -OCH3 is 1. The summed E-state index contributed by atoms with van der Waals surface area (Å²) in [5.41, 5.74) is 0.344. The fraction of sp³-hybridized carbons (Fsp3) is 0.583. The van der Waals surface area contributed by atoms with E-state index in [1.807, 2.05) is 19.1 Å². The number of hydrogen-bond donors (Lipinski definition) is 2. The zero-order chi connectivity index (χ0) is 12.2. The number of pyridine rings is 1. The van der Waals surface area contributed by atoms with Crippen LogP contribution in [0.1, 0.15) is 26.3 Å². The van der Waals surface area contributed by atoms with Gasteiger partial charge in [0.15, 0.2) is 0 Å². The summed E-state index contributed by atoms with van der Waals surface area (Å²) in [5, 5.41) is 13.0. The molecule has 1 heterocycles. The molecule has 0 spiro atoms. The topological polar surface area (TPSA) is 54.4 Å². The van der Waals surface area contributed by atoms with Gasteiger partial charge in [0.1, 0.15) is 0 Å². The van der Waals surface area contributed by atoms with Gasteiger partial charge in [0.05, 0.1) is 12.7 Å². The van der Waals surface area contributed by atoms with Crippen molar-refractivity contribution in [1.29, 1.82) is 0 Å². The maximum Gasteiger partial charge on any atom is 0.212 e. The van der Waals surface area contributed by atoms with Gasteiger partial charge in [0.2, 0.25) is 5.88 Å². The average Bonchev–Trinajstić information content (AvgIpc) is 2.25. The number of ether oxygens (including phenoxy) is 1. The molecule has 4 heteroatoms. The molecule has 0 radical (unpaired) electrons. The Morgan fingerprint density at radius 2 is 2.19 bits per heavy atom. The molecule has 4 nitrogen and oxygen atoms in total. The van der Waals surface area contributed by atoms with Gasteiger partial charge in [-0.3, -0.25) is 0 Å². The Bertz CT molecular complexity index is 317. The van der Waals surface area contributed by atoms with E-state index in [2.05, 4.69) is 10.3 Å². The molecular formula is C12H20N2O2. The molecule has 0 aliphatic carbocycles. The van der Waals surface area contributed by atoms with Crippen molar-refractivity contribution in [3.8, 4) is 5.88 Å². The van der Waals surface area contributed by atoms with Gasteiger partial charge in [-0.1, -0.05) is 6.07 Å². The smallest absolute Gasteiger partial charge is 0.212 e. The molecule has 0 fully saturated rings. The van der Waals surface area contributed by atoms with Crippen molar-refractivity contribution < 1.29 is 9.84 Å². The predicted molar refractivity (Wildman–Crippen MR) is 63.4 cm³/mol. The highest BCUT2D eigenvalue weighted by Crippen LogP contribution is 2.10. The van der Waals surface area contributed by atoms with E-state index >= 15 is 0 Å². The normalized spacial score (nSPS) is 13.6. The second-order valence-corrected chi connectivity index (χ2v) is 4.47. The number of aliphatic hydroxyl groups is 1. The molecule has 1 atom stereocenters. The first-order valence-corrected chi connectivity index (χ1v) is 5.38. The summed E-state index contributed by atoms with van der Waals surface area (Å²) in [5.74, 6) is 0.610. The van der Waals surface area contributed by atoms with Crippen LogP contribution in [-0.4, -0.2) is 28.8 Å². The van der Waals surface area contributed by atoms with Crippen molar-refractivity contribution in [2.45, 2.75) is 39.0 Å². The van der Waals surface area contributed by atoms with Crippen LogP contribution in [0, 0.1) is 0 Å². The van der Waals surface area contributed by atoms with Crippen LogP contribution < -0.4 is 10.1 Å². The first-order valence-electron chi connectivity index (χ1n) is 5.38. The standard InChI is InChI=1S/C12H20N2O2/c1-9(12(2,3)15)13-7-10-5-6-11(16-4)14-8-10/h5-6,8-9,13,15H,7H2,1-4H3. The molecule has 1 aromatic rings. The second kappa shape index (κ2) is 5.27. The van der Waals surface area contributed by atoms with Crippen molar-refractivity contribution in [1.82, 2.24) is 10.3 Å². The van der Waals surface area contributed by atoms with Crippen LogP contribution in [0.4, 0.5) is 0 Å². The van der Waals surface area contributed by atoms with Gasteiger partial charge in [-0.05, 0) is 26.3 Å². The van der Waals surface area contributed by atoms with E-state index in [0.29, 0.717) is 12.4 Å². The summed E-state index contributed by atoms with van der Waals surface area (Å²) in [6.45, 7) is 6.22. The summed E-state index contributed by atoms with van der Waals surface area (Å²) in [6, 6.07) is 3.80. The molecule has 16 heavy (non-hydrogen) atoms. The Morgan fingerprint density at radius 3 is 2.62 bits per heavy atom. The van der Waals surface area contributed by atoms with Crippen LogP contribution in [0.3, 0.4) is 0 Å². The minimum absolute atomic E-state index is 0.0228. The highest BCUT2D eigenvalue weighted by atomic mass is 16.5. The van der Waals surface area contributed by atoms with Gasteiger partial charge in [-0.15, -0.1) is 0 Å². The van der Waals surface area contributed by atoms with Gasteiger partial charge in [0.25, 0.3) is 0 Å². The van der Waals surface area contributed by atoms with Gasteiger partial charge in [-0.2, -0.15) is 0 Å². The fourth-order valence-corrected chi connectivity index (χ4v) is 1.16. The summed E-state index contributed by atoms with van der Waals surface area (Å²) < 4.78 is 4.98. The summed E-state index contributed by atoms with van der Waals surface area (Å²) >= 11 is 0. The van der Waals surface area contributed by atoms with Crippen LogP contribution in [0.25, 0.3) is 0 Å². The first-order chi connectivity index (χ1) is 7.43. The molecule has 90 valence electrons. The fourth-order valence-electron chi connectivity index (χ4n) is 1.16. The molecule has 1 aromatic heterocycles. The number of nitrogens with one attached hydrogen (secondary N) is 1. The van der Waals surface area contributed by atoms with Crippen LogP contribution in [0.15, 0.2) is 18.3 Å². The summed E-state index contributed by atoms with van der Waals surface area (Å²) in [6.07, 6.45) is 1.77.